The third-order valence-electron chi connectivity index (χ3n) is 1.90. The lowest BCUT2D eigenvalue weighted by Gasteiger charge is -2.26. The van der Waals surface area contributed by atoms with Crippen molar-refractivity contribution in [3.8, 4) is 0 Å². The van der Waals surface area contributed by atoms with E-state index in [1.807, 2.05) is 18.2 Å². The number of rotatable bonds is 4. The maximum atomic E-state index is 5.51. The Hall–Kier alpha value is -1.09. The maximum Gasteiger partial charge on any atom is 0.126 e. The van der Waals surface area contributed by atoms with Gasteiger partial charge in [-0.1, -0.05) is 6.07 Å². The molecule has 3 N–H and O–H groups in total. The molecule has 1 rings (SSSR count). The lowest BCUT2D eigenvalue weighted by Crippen LogP contribution is -2.33. The first-order chi connectivity index (χ1) is 6.14. The molecular weight excluding hydrogens is 162 g/mol. The van der Waals surface area contributed by atoms with Crippen molar-refractivity contribution in [2.75, 3.05) is 11.9 Å². The summed E-state index contributed by atoms with van der Waals surface area (Å²) in [5.41, 5.74) is 5.52. The number of nitrogens with two attached hydrogens (primary N) is 1. The van der Waals surface area contributed by atoms with Gasteiger partial charge >= 0.3 is 0 Å². The second-order valence-corrected chi connectivity index (χ2v) is 3.76. The zero-order valence-corrected chi connectivity index (χ0v) is 8.25. The Kier molecular flexibility index (Phi) is 3.25. The largest absolute Gasteiger partial charge is 0.365 e. The van der Waals surface area contributed by atoms with Crippen LogP contribution in [0.2, 0.25) is 0 Å². The summed E-state index contributed by atoms with van der Waals surface area (Å²) in [6.45, 7) is 4.93. The molecule has 0 aliphatic carbocycles. The summed E-state index contributed by atoms with van der Waals surface area (Å²) in [6, 6.07) is 5.83. The van der Waals surface area contributed by atoms with Crippen molar-refractivity contribution < 1.29 is 0 Å². The van der Waals surface area contributed by atoms with E-state index in [-0.39, 0.29) is 5.54 Å². The van der Waals surface area contributed by atoms with Gasteiger partial charge in [0.2, 0.25) is 0 Å². The van der Waals surface area contributed by atoms with E-state index in [1.165, 1.54) is 0 Å². The Bertz CT molecular complexity index is 244. The predicted molar refractivity (Wildman–Crippen MR) is 55.6 cm³/mol. The normalized spacial score (nSPS) is 11.3. The standard InChI is InChI=1S/C10H17N3/c1-10(2,6-7-11)13-9-5-3-4-8-12-9/h3-5,8H,6-7,11H2,1-2H3,(H,12,13). The molecule has 0 radical (unpaired) electrons. The fraction of sp³-hybridized carbons (Fsp3) is 0.500. The summed E-state index contributed by atoms with van der Waals surface area (Å²) in [6.07, 6.45) is 2.71. The fourth-order valence-corrected chi connectivity index (χ4v) is 1.21. The van der Waals surface area contributed by atoms with Gasteiger partial charge in [-0.05, 0) is 38.9 Å². The highest BCUT2D eigenvalue weighted by Crippen LogP contribution is 2.14. The molecule has 0 bridgehead atoms. The van der Waals surface area contributed by atoms with Crippen LogP contribution in [0.4, 0.5) is 5.82 Å². The summed E-state index contributed by atoms with van der Waals surface area (Å²) < 4.78 is 0. The zero-order valence-electron chi connectivity index (χ0n) is 8.25. The molecule has 0 unspecified atom stereocenters. The first kappa shape index (κ1) is 9.99. The first-order valence-electron chi connectivity index (χ1n) is 4.53. The summed E-state index contributed by atoms with van der Waals surface area (Å²) >= 11 is 0. The first-order valence-corrected chi connectivity index (χ1v) is 4.53. The van der Waals surface area contributed by atoms with E-state index in [1.54, 1.807) is 6.20 Å². The van der Waals surface area contributed by atoms with Crippen molar-refractivity contribution in [1.29, 1.82) is 0 Å². The van der Waals surface area contributed by atoms with Gasteiger partial charge in [0, 0.05) is 11.7 Å². The Morgan fingerprint density at radius 2 is 2.23 bits per heavy atom. The van der Waals surface area contributed by atoms with Gasteiger partial charge in [-0.15, -0.1) is 0 Å². The average Bonchev–Trinajstić information content (AvgIpc) is 2.04. The topological polar surface area (TPSA) is 50.9 Å². The van der Waals surface area contributed by atoms with Gasteiger partial charge in [-0.2, -0.15) is 0 Å². The Balaban J connectivity index is 2.58. The molecule has 0 fully saturated rings. The molecular formula is C10H17N3. The van der Waals surface area contributed by atoms with E-state index in [4.69, 9.17) is 5.73 Å². The van der Waals surface area contributed by atoms with Crippen LogP contribution in [0.5, 0.6) is 0 Å². The molecule has 0 saturated carbocycles. The van der Waals surface area contributed by atoms with E-state index in [0.29, 0.717) is 6.54 Å². The van der Waals surface area contributed by atoms with Crippen molar-refractivity contribution in [2.45, 2.75) is 25.8 Å². The highest BCUT2D eigenvalue weighted by atomic mass is 15.0. The lowest BCUT2D eigenvalue weighted by molar-refractivity contribution is 0.524. The number of nitrogens with zero attached hydrogens (tertiary/aromatic N) is 1. The molecule has 0 atom stereocenters. The molecule has 1 heterocycles. The number of nitrogens with one attached hydrogen (secondary N) is 1. The molecule has 1 aromatic heterocycles. The van der Waals surface area contributed by atoms with Crippen LogP contribution in [0.25, 0.3) is 0 Å². The van der Waals surface area contributed by atoms with Gasteiger partial charge in [0.05, 0.1) is 0 Å². The van der Waals surface area contributed by atoms with Gasteiger partial charge in [0.25, 0.3) is 0 Å². The van der Waals surface area contributed by atoms with Crippen LogP contribution in [-0.4, -0.2) is 17.1 Å². The van der Waals surface area contributed by atoms with E-state index >= 15 is 0 Å². The summed E-state index contributed by atoms with van der Waals surface area (Å²) in [5, 5.41) is 3.33. The molecule has 0 saturated heterocycles. The Morgan fingerprint density at radius 3 is 2.77 bits per heavy atom. The second-order valence-electron chi connectivity index (χ2n) is 3.76. The minimum Gasteiger partial charge on any atom is -0.365 e. The summed E-state index contributed by atoms with van der Waals surface area (Å²) in [4.78, 5) is 4.19. The summed E-state index contributed by atoms with van der Waals surface area (Å²) in [5.74, 6) is 0.904. The second kappa shape index (κ2) is 4.23. The molecule has 13 heavy (non-hydrogen) atoms. The van der Waals surface area contributed by atoms with Gasteiger partial charge in [-0.25, -0.2) is 4.98 Å². The predicted octanol–water partition coefficient (Wildman–Crippen LogP) is 1.62. The van der Waals surface area contributed by atoms with Crippen molar-refractivity contribution in [3.05, 3.63) is 24.4 Å². The van der Waals surface area contributed by atoms with E-state index < -0.39 is 0 Å². The lowest BCUT2D eigenvalue weighted by atomic mass is 10.0. The maximum absolute atomic E-state index is 5.51. The summed E-state index contributed by atoms with van der Waals surface area (Å²) in [7, 11) is 0. The van der Waals surface area contributed by atoms with Crippen LogP contribution in [0.1, 0.15) is 20.3 Å². The van der Waals surface area contributed by atoms with Crippen molar-refractivity contribution in [3.63, 3.8) is 0 Å². The van der Waals surface area contributed by atoms with E-state index in [9.17, 15) is 0 Å². The zero-order chi connectivity index (χ0) is 9.73. The molecule has 0 aromatic carbocycles. The average molecular weight is 179 g/mol. The Morgan fingerprint density at radius 1 is 1.46 bits per heavy atom. The number of anilines is 1. The molecule has 1 aromatic rings. The number of hydrogen-bond donors (Lipinski definition) is 2. The number of hydrogen-bond acceptors (Lipinski definition) is 3. The minimum absolute atomic E-state index is 0.0170. The highest BCUT2D eigenvalue weighted by Gasteiger charge is 2.15. The van der Waals surface area contributed by atoms with E-state index in [2.05, 4.69) is 24.1 Å². The van der Waals surface area contributed by atoms with Gasteiger partial charge < -0.3 is 11.1 Å². The third kappa shape index (κ3) is 3.42. The van der Waals surface area contributed by atoms with Crippen LogP contribution >= 0.6 is 0 Å². The fourth-order valence-electron chi connectivity index (χ4n) is 1.21. The van der Waals surface area contributed by atoms with Crippen LogP contribution in [0, 0.1) is 0 Å². The van der Waals surface area contributed by atoms with Gasteiger partial charge in [-0.3, -0.25) is 0 Å². The number of aromatic nitrogens is 1. The molecule has 0 aliphatic heterocycles. The minimum atomic E-state index is 0.0170. The third-order valence-corrected chi connectivity index (χ3v) is 1.90. The number of pyridine rings is 1. The van der Waals surface area contributed by atoms with Gasteiger partial charge in [0.1, 0.15) is 5.82 Å². The van der Waals surface area contributed by atoms with Crippen LogP contribution in [0.3, 0.4) is 0 Å². The molecule has 3 heteroatoms. The molecule has 0 aliphatic rings. The van der Waals surface area contributed by atoms with Crippen LogP contribution in [0.15, 0.2) is 24.4 Å². The molecule has 3 nitrogen and oxygen atoms in total. The van der Waals surface area contributed by atoms with E-state index in [0.717, 1.165) is 12.2 Å². The highest BCUT2D eigenvalue weighted by molar-refractivity contribution is 5.36. The van der Waals surface area contributed by atoms with Crippen LogP contribution in [-0.2, 0) is 0 Å². The van der Waals surface area contributed by atoms with Crippen molar-refractivity contribution in [2.24, 2.45) is 5.73 Å². The molecule has 0 amide bonds. The van der Waals surface area contributed by atoms with Crippen molar-refractivity contribution in [1.82, 2.24) is 4.98 Å². The molecule has 0 spiro atoms. The quantitative estimate of drug-likeness (QED) is 0.738. The van der Waals surface area contributed by atoms with Gasteiger partial charge in [0.15, 0.2) is 0 Å². The molecule has 72 valence electrons. The van der Waals surface area contributed by atoms with Crippen LogP contribution < -0.4 is 11.1 Å². The SMILES string of the molecule is CC(C)(CCN)Nc1ccccn1. The monoisotopic (exact) mass is 179 g/mol. The Labute approximate surface area is 79.4 Å². The van der Waals surface area contributed by atoms with Crippen molar-refractivity contribution >= 4 is 5.82 Å². The smallest absolute Gasteiger partial charge is 0.126 e.